The number of halogens is 2. The van der Waals surface area contributed by atoms with Crippen LogP contribution in [0.15, 0.2) is 53.0 Å². The van der Waals surface area contributed by atoms with Crippen molar-refractivity contribution in [1.29, 1.82) is 0 Å². The Morgan fingerprint density at radius 3 is 2.60 bits per heavy atom. The van der Waals surface area contributed by atoms with Crippen LogP contribution in [0.5, 0.6) is 5.75 Å². The zero-order chi connectivity index (χ0) is 14.5. The highest BCUT2D eigenvalue weighted by Gasteiger charge is 2.16. The smallest absolute Gasteiger partial charge is 0.265 e. The predicted molar refractivity (Wildman–Crippen MR) is 79.3 cm³/mol. The zero-order valence-corrected chi connectivity index (χ0v) is 12.4. The van der Waals surface area contributed by atoms with Crippen molar-refractivity contribution in [2.24, 2.45) is 0 Å². The van der Waals surface area contributed by atoms with Crippen LogP contribution in [0.25, 0.3) is 0 Å². The van der Waals surface area contributed by atoms with Crippen LogP contribution in [-0.4, -0.2) is 12.0 Å². The number of nitrogens with one attached hydrogen (secondary N) is 1. The highest BCUT2D eigenvalue weighted by molar-refractivity contribution is 9.10. The Balaban J connectivity index is 2.00. The van der Waals surface area contributed by atoms with Gasteiger partial charge in [-0.2, -0.15) is 0 Å². The molecule has 1 amide bonds. The van der Waals surface area contributed by atoms with Crippen LogP contribution in [-0.2, 0) is 4.79 Å². The van der Waals surface area contributed by atoms with Crippen molar-refractivity contribution in [2.45, 2.75) is 13.0 Å². The Kier molecular flexibility index (Phi) is 4.74. The number of anilines is 1. The summed E-state index contributed by atoms with van der Waals surface area (Å²) in [7, 11) is 0. The minimum absolute atomic E-state index is 0.271. The third kappa shape index (κ3) is 3.81. The van der Waals surface area contributed by atoms with Gasteiger partial charge in [-0.15, -0.1) is 0 Å². The Hall–Kier alpha value is -1.88. The molecular formula is C15H13BrFNO2. The van der Waals surface area contributed by atoms with E-state index in [1.165, 1.54) is 18.2 Å². The lowest BCUT2D eigenvalue weighted by Crippen LogP contribution is -2.30. The number of hydrogen-bond donors (Lipinski definition) is 1. The lowest BCUT2D eigenvalue weighted by Gasteiger charge is -2.15. The molecule has 0 saturated heterocycles. The van der Waals surface area contributed by atoms with E-state index in [4.69, 9.17) is 4.74 Å². The fourth-order valence-electron chi connectivity index (χ4n) is 1.58. The van der Waals surface area contributed by atoms with Gasteiger partial charge in [0, 0.05) is 5.69 Å². The van der Waals surface area contributed by atoms with Gasteiger partial charge in [-0.1, -0.05) is 18.2 Å². The first kappa shape index (κ1) is 14.5. The van der Waals surface area contributed by atoms with Crippen LogP contribution in [0.2, 0.25) is 0 Å². The highest BCUT2D eigenvalue weighted by atomic mass is 79.9. The normalized spacial score (nSPS) is 11.8. The van der Waals surface area contributed by atoms with Crippen molar-refractivity contribution >= 4 is 27.5 Å². The standard InChI is InChI=1S/C15H13BrFNO2/c1-10(15(19)18-12-5-3-2-4-6-12)20-14-8-7-11(17)9-13(14)16/h2-10H,1H3,(H,18,19)/t10-/m1/s1. The average molecular weight is 338 g/mol. The van der Waals surface area contributed by atoms with Crippen molar-refractivity contribution in [3.05, 3.63) is 58.8 Å². The van der Waals surface area contributed by atoms with E-state index in [1.807, 2.05) is 18.2 Å². The van der Waals surface area contributed by atoms with Gasteiger partial charge < -0.3 is 10.1 Å². The summed E-state index contributed by atoms with van der Waals surface area (Å²) >= 11 is 3.19. The van der Waals surface area contributed by atoms with E-state index in [9.17, 15) is 9.18 Å². The molecule has 20 heavy (non-hydrogen) atoms. The molecule has 1 N–H and O–H groups in total. The van der Waals surface area contributed by atoms with E-state index in [-0.39, 0.29) is 11.7 Å². The molecule has 0 aliphatic heterocycles. The number of amides is 1. The van der Waals surface area contributed by atoms with Crippen molar-refractivity contribution in [1.82, 2.24) is 0 Å². The molecule has 2 rings (SSSR count). The van der Waals surface area contributed by atoms with E-state index in [2.05, 4.69) is 21.2 Å². The molecule has 0 unspecified atom stereocenters. The number of hydrogen-bond acceptors (Lipinski definition) is 2. The molecule has 0 aliphatic rings. The van der Waals surface area contributed by atoms with Gasteiger partial charge in [0.15, 0.2) is 6.10 Å². The van der Waals surface area contributed by atoms with E-state index in [0.29, 0.717) is 15.9 Å². The minimum atomic E-state index is -0.697. The van der Waals surface area contributed by atoms with Gasteiger partial charge in [0.1, 0.15) is 11.6 Å². The molecule has 0 saturated carbocycles. The molecule has 0 heterocycles. The van der Waals surface area contributed by atoms with Gasteiger partial charge in [0.25, 0.3) is 5.91 Å². The molecule has 0 radical (unpaired) electrons. The first-order valence-electron chi connectivity index (χ1n) is 6.04. The van der Waals surface area contributed by atoms with Crippen molar-refractivity contribution in [3.8, 4) is 5.75 Å². The second-order valence-corrected chi connectivity index (χ2v) is 5.04. The second kappa shape index (κ2) is 6.52. The molecule has 0 fully saturated rings. The Morgan fingerprint density at radius 1 is 1.25 bits per heavy atom. The van der Waals surface area contributed by atoms with Crippen LogP contribution in [0, 0.1) is 5.82 Å². The predicted octanol–water partition coefficient (Wildman–Crippen LogP) is 3.99. The van der Waals surface area contributed by atoms with Crippen LogP contribution in [0.3, 0.4) is 0 Å². The number of carbonyl (C=O) groups excluding carboxylic acids is 1. The van der Waals surface area contributed by atoms with Gasteiger partial charge in [0.05, 0.1) is 4.47 Å². The first-order valence-corrected chi connectivity index (χ1v) is 6.83. The van der Waals surface area contributed by atoms with Crippen LogP contribution in [0.1, 0.15) is 6.92 Å². The number of rotatable bonds is 4. The van der Waals surface area contributed by atoms with E-state index in [0.717, 1.165) is 0 Å². The van der Waals surface area contributed by atoms with Gasteiger partial charge in [0.2, 0.25) is 0 Å². The lowest BCUT2D eigenvalue weighted by atomic mass is 10.3. The SMILES string of the molecule is C[C@@H](Oc1ccc(F)cc1Br)C(=O)Nc1ccccc1. The quantitative estimate of drug-likeness (QED) is 0.915. The largest absolute Gasteiger partial charge is 0.480 e. The second-order valence-electron chi connectivity index (χ2n) is 4.19. The molecule has 0 spiro atoms. The maximum Gasteiger partial charge on any atom is 0.265 e. The summed E-state index contributed by atoms with van der Waals surface area (Å²) in [6.07, 6.45) is -0.697. The summed E-state index contributed by atoms with van der Waals surface area (Å²) in [6, 6.07) is 13.2. The molecule has 104 valence electrons. The molecule has 2 aromatic carbocycles. The molecule has 5 heteroatoms. The molecule has 0 aliphatic carbocycles. The van der Waals surface area contributed by atoms with E-state index >= 15 is 0 Å². The molecule has 0 bridgehead atoms. The van der Waals surface area contributed by atoms with Gasteiger partial charge in [-0.05, 0) is 53.2 Å². The minimum Gasteiger partial charge on any atom is -0.480 e. The summed E-state index contributed by atoms with van der Waals surface area (Å²) in [5, 5.41) is 2.74. The monoisotopic (exact) mass is 337 g/mol. The molecule has 2 aromatic rings. The zero-order valence-electron chi connectivity index (χ0n) is 10.8. The van der Waals surface area contributed by atoms with Crippen LogP contribution in [0.4, 0.5) is 10.1 Å². The Bertz CT molecular complexity index is 604. The summed E-state index contributed by atoms with van der Waals surface area (Å²) in [6.45, 7) is 1.63. The molecule has 1 atom stereocenters. The maximum atomic E-state index is 13.0. The fraction of sp³-hybridized carbons (Fsp3) is 0.133. The summed E-state index contributed by atoms with van der Waals surface area (Å²) < 4.78 is 18.9. The number of benzene rings is 2. The Labute approximate surface area is 124 Å². The molecule has 0 aromatic heterocycles. The Morgan fingerprint density at radius 2 is 1.95 bits per heavy atom. The fourth-order valence-corrected chi connectivity index (χ4v) is 2.02. The maximum absolute atomic E-state index is 13.0. The third-order valence-electron chi connectivity index (χ3n) is 2.61. The highest BCUT2D eigenvalue weighted by Crippen LogP contribution is 2.26. The average Bonchev–Trinajstić information content (AvgIpc) is 2.43. The van der Waals surface area contributed by atoms with E-state index in [1.54, 1.807) is 19.1 Å². The molecule has 3 nitrogen and oxygen atoms in total. The van der Waals surface area contributed by atoms with Gasteiger partial charge in [-0.3, -0.25) is 4.79 Å². The topological polar surface area (TPSA) is 38.3 Å². The van der Waals surface area contributed by atoms with E-state index < -0.39 is 6.10 Å². The van der Waals surface area contributed by atoms with Gasteiger partial charge in [-0.25, -0.2) is 4.39 Å². The number of ether oxygens (including phenoxy) is 1. The first-order chi connectivity index (χ1) is 9.56. The van der Waals surface area contributed by atoms with Crippen molar-refractivity contribution in [2.75, 3.05) is 5.32 Å². The van der Waals surface area contributed by atoms with Crippen LogP contribution >= 0.6 is 15.9 Å². The van der Waals surface area contributed by atoms with Crippen molar-refractivity contribution in [3.63, 3.8) is 0 Å². The molecular weight excluding hydrogens is 325 g/mol. The number of para-hydroxylation sites is 1. The van der Waals surface area contributed by atoms with Crippen molar-refractivity contribution < 1.29 is 13.9 Å². The summed E-state index contributed by atoms with van der Waals surface area (Å²) in [5.41, 5.74) is 0.700. The summed E-state index contributed by atoms with van der Waals surface area (Å²) in [4.78, 5) is 12.0. The van der Waals surface area contributed by atoms with Gasteiger partial charge >= 0.3 is 0 Å². The van der Waals surface area contributed by atoms with Crippen LogP contribution < -0.4 is 10.1 Å². The third-order valence-corrected chi connectivity index (χ3v) is 3.23. The number of carbonyl (C=O) groups is 1. The lowest BCUT2D eigenvalue weighted by molar-refractivity contribution is -0.122. The summed E-state index contributed by atoms with van der Waals surface area (Å²) in [5.74, 6) is -0.222.